The maximum atomic E-state index is 5.27. The first-order chi connectivity index (χ1) is 5.85. The molecule has 5 heteroatoms. The van der Waals surface area contributed by atoms with E-state index >= 15 is 0 Å². The van der Waals surface area contributed by atoms with Gasteiger partial charge in [0.2, 0.25) is 0 Å². The molecule has 0 unspecified atom stereocenters. The fraction of sp³-hybridized carbons (Fsp3) is 1.00. The third-order valence-corrected chi connectivity index (χ3v) is 3.64. The second-order valence-electron chi connectivity index (χ2n) is 2.60. The van der Waals surface area contributed by atoms with Crippen molar-refractivity contribution >= 4 is 9.28 Å². The number of hydrogen-bond donors (Lipinski definition) is 2. The van der Waals surface area contributed by atoms with Crippen LogP contribution in [0, 0.1) is 0 Å². The Kier molecular flexibility index (Phi) is 9.19. The van der Waals surface area contributed by atoms with Crippen molar-refractivity contribution in [2.75, 3.05) is 27.4 Å². The summed E-state index contributed by atoms with van der Waals surface area (Å²) in [6.45, 7) is 1.56. The normalized spacial score (nSPS) is 11.0. The zero-order valence-corrected chi connectivity index (χ0v) is 9.16. The van der Waals surface area contributed by atoms with Crippen molar-refractivity contribution in [3.63, 3.8) is 0 Å². The highest BCUT2D eigenvalue weighted by Gasteiger charge is 2.07. The van der Waals surface area contributed by atoms with Gasteiger partial charge in [0, 0.05) is 20.9 Å². The second-order valence-corrected chi connectivity index (χ2v) is 4.98. The summed E-state index contributed by atoms with van der Waals surface area (Å²) in [5.41, 5.74) is 5.27. The summed E-state index contributed by atoms with van der Waals surface area (Å²) < 4.78 is 10.4. The zero-order chi connectivity index (χ0) is 9.23. The molecule has 4 nitrogen and oxygen atoms in total. The lowest BCUT2D eigenvalue weighted by Gasteiger charge is -2.09. The molecular weight excluding hydrogens is 172 g/mol. The van der Waals surface area contributed by atoms with Crippen LogP contribution in [0.5, 0.6) is 0 Å². The molecule has 0 bridgehead atoms. The minimum absolute atomic E-state index is 0.565. The average molecular weight is 192 g/mol. The third-order valence-electron chi connectivity index (χ3n) is 1.71. The van der Waals surface area contributed by atoms with Crippen molar-refractivity contribution in [3.8, 4) is 0 Å². The van der Waals surface area contributed by atoms with E-state index in [1.165, 1.54) is 0 Å². The lowest BCUT2D eigenvalue weighted by atomic mass is 10.3. The molecule has 0 heterocycles. The Labute approximate surface area is 76.3 Å². The Morgan fingerprint density at radius 1 is 1.25 bits per heavy atom. The molecule has 3 N–H and O–H groups in total. The van der Waals surface area contributed by atoms with E-state index in [2.05, 4.69) is 5.32 Å². The minimum Gasteiger partial charge on any atom is -0.400 e. The van der Waals surface area contributed by atoms with E-state index in [1.54, 1.807) is 14.2 Å². The highest BCUT2D eigenvalue weighted by Crippen LogP contribution is 2.01. The molecule has 12 heavy (non-hydrogen) atoms. The standard InChI is InChI=1S/C7H20N2O2Si/c1-10-12(11-2)6-4-3-5-9-7-8/h9,12H,3-8H2,1-2H3. The van der Waals surface area contributed by atoms with Crippen LogP contribution < -0.4 is 11.1 Å². The average Bonchev–Trinajstić information content (AvgIpc) is 2.11. The molecule has 0 saturated carbocycles. The maximum Gasteiger partial charge on any atom is 0.320 e. The van der Waals surface area contributed by atoms with Crippen LogP contribution in [0.15, 0.2) is 0 Å². The van der Waals surface area contributed by atoms with Gasteiger partial charge < -0.3 is 19.9 Å². The topological polar surface area (TPSA) is 56.5 Å². The van der Waals surface area contributed by atoms with Crippen LogP contribution in [0.3, 0.4) is 0 Å². The molecule has 74 valence electrons. The number of nitrogens with one attached hydrogen (secondary N) is 1. The van der Waals surface area contributed by atoms with Gasteiger partial charge in [-0.05, 0) is 19.0 Å². The van der Waals surface area contributed by atoms with E-state index in [0.717, 1.165) is 25.4 Å². The monoisotopic (exact) mass is 192 g/mol. The first kappa shape index (κ1) is 12.1. The SMILES string of the molecule is CO[SiH](CCCCNCN)OC. The van der Waals surface area contributed by atoms with Gasteiger partial charge in [0.1, 0.15) is 0 Å². The van der Waals surface area contributed by atoms with Crippen LogP contribution in [0.25, 0.3) is 0 Å². The summed E-state index contributed by atoms with van der Waals surface area (Å²) >= 11 is 0. The van der Waals surface area contributed by atoms with Gasteiger partial charge in [0.25, 0.3) is 0 Å². The van der Waals surface area contributed by atoms with Gasteiger partial charge in [0.05, 0.1) is 0 Å². The van der Waals surface area contributed by atoms with Gasteiger partial charge in [-0.25, -0.2) is 0 Å². The van der Waals surface area contributed by atoms with Gasteiger partial charge in [-0.2, -0.15) is 0 Å². The van der Waals surface area contributed by atoms with E-state index in [0.29, 0.717) is 6.67 Å². The van der Waals surface area contributed by atoms with Gasteiger partial charge in [0.15, 0.2) is 0 Å². The molecule has 0 aromatic carbocycles. The smallest absolute Gasteiger partial charge is 0.320 e. The highest BCUT2D eigenvalue weighted by atomic mass is 28.3. The predicted molar refractivity (Wildman–Crippen MR) is 52.3 cm³/mol. The molecule has 0 aliphatic heterocycles. The summed E-state index contributed by atoms with van der Waals surface area (Å²) in [5, 5.41) is 3.07. The lowest BCUT2D eigenvalue weighted by Crippen LogP contribution is -2.24. The fourth-order valence-corrected chi connectivity index (χ4v) is 2.28. The molecular formula is C7H20N2O2Si. The Morgan fingerprint density at radius 3 is 2.42 bits per heavy atom. The zero-order valence-electron chi connectivity index (χ0n) is 8.01. The van der Waals surface area contributed by atoms with E-state index in [-0.39, 0.29) is 0 Å². The molecule has 0 aromatic rings. The van der Waals surface area contributed by atoms with Crippen LogP contribution in [0.4, 0.5) is 0 Å². The molecule has 0 radical (unpaired) electrons. The minimum atomic E-state index is -1.30. The van der Waals surface area contributed by atoms with Crippen LogP contribution >= 0.6 is 0 Å². The lowest BCUT2D eigenvalue weighted by molar-refractivity contribution is 0.276. The highest BCUT2D eigenvalue weighted by molar-refractivity contribution is 6.44. The molecule has 0 fully saturated rings. The molecule has 0 aliphatic rings. The van der Waals surface area contributed by atoms with Gasteiger partial charge in [-0.1, -0.05) is 6.42 Å². The maximum absolute atomic E-state index is 5.27. The fourth-order valence-electron chi connectivity index (χ4n) is 0.995. The molecule has 0 aliphatic carbocycles. The molecule has 0 spiro atoms. The molecule has 0 aromatic heterocycles. The Bertz CT molecular complexity index is 91.5. The van der Waals surface area contributed by atoms with Crippen LogP contribution in [0.1, 0.15) is 12.8 Å². The Morgan fingerprint density at radius 2 is 1.92 bits per heavy atom. The van der Waals surface area contributed by atoms with Crippen molar-refractivity contribution in [2.45, 2.75) is 18.9 Å². The Balaban J connectivity index is 3.06. The Hall–Kier alpha value is 0.0569. The first-order valence-corrected chi connectivity index (χ1v) is 6.07. The largest absolute Gasteiger partial charge is 0.400 e. The van der Waals surface area contributed by atoms with Crippen molar-refractivity contribution in [1.82, 2.24) is 5.32 Å². The quantitative estimate of drug-likeness (QED) is 0.317. The van der Waals surface area contributed by atoms with E-state index in [4.69, 9.17) is 14.6 Å². The molecule has 0 saturated heterocycles. The number of unbranched alkanes of at least 4 members (excludes halogenated alkanes) is 1. The summed E-state index contributed by atoms with van der Waals surface area (Å²) in [7, 11) is 2.14. The van der Waals surface area contributed by atoms with Gasteiger partial charge in [-0.3, -0.25) is 0 Å². The third kappa shape index (κ3) is 6.75. The van der Waals surface area contributed by atoms with Crippen molar-refractivity contribution in [2.24, 2.45) is 5.73 Å². The van der Waals surface area contributed by atoms with Gasteiger partial charge in [-0.15, -0.1) is 0 Å². The first-order valence-electron chi connectivity index (χ1n) is 4.31. The second kappa shape index (κ2) is 9.15. The molecule has 0 atom stereocenters. The summed E-state index contributed by atoms with van der Waals surface area (Å²) in [5.74, 6) is 0. The van der Waals surface area contributed by atoms with Crippen LogP contribution in [-0.2, 0) is 8.85 Å². The van der Waals surface area contributed by atoms with E-state index in [1.807, 2.05) is 0 Å². The van der Waals surface area contributed by atoms with Crippen molar-refractivity contribution in [3.05, 3.63) is 0 Å². The summed E-state index contributed by atoms with van der Waals surface area (Å²) in [6, 6.07) is 1.08. The summed E-state index contributed by atoms with van der Waals surface area (Å²) in [4.78, 5) is 0. The number of nitrogens with two attached hydrogens (primary N) is 1. The summed E-state index contributed by atoms with van der Waals surface area (Å²) in [6.07, 6.45) is 2.30. The van der Waals surface area contributed by atoms with Crippen molar-refractivity contribution in [1.29, 1.82) is 0 Å². The molecule has 0 amide bonds. The number of rotatable bonds is 8. The van der Waals surface area contributed by atoms with Crippen molar-refractivity contribution < 1.29 is 8.85 Å². The van der Waals surface area contributed by atoms with E-state index < -0.39 is 9.28 Å². The van der Waals surface area contributed by atoms with Crippen LogP contribution in [-0.4, -0.2) is 36.7 Å². The number of hydrogen-bond acceptors (Lipinski definition) is 4. The van der Waals surface area contributed by atoms with Gasteiger partial charge >= 0.3 is 9.28 Å². The van der Waals surface area contributed by atoms with E-state index in [9.17, 15) is 0 Å². The predicted octanol–water partition coefficient (Wildman–Crippen LogP) is -0.214. The molecule has 0 rings (SSSR count). The van der Waals surface area contributed by atoms with Crippen LogP contribution in [0.2, 0.25) is 6.04 Å².